The number of carbonyl (C=O) groups is 1. The summed E-state index contributed by atoms with van der Waals surface area (Å²) in [5.41, 5.74) is 2.14. The molecule has 0 unspecified atom stereocenters. The van der Waals surface area contributed by atoms with E-state index >= 15 is 0 Å². The zero-order valence-electron chi connectivity index (χ0n) is 13.9. The van der Waals surface area contributed by atoms with E-state index in [2.05, 4.69) is 25.2 Å². The van der Waals surface area contributed by atoms with Gasteiger partial charge < -0.3 is 19.6 Å². The Morgan fingerprint density at radius 2 is 2.17 bits per heavy atom. The maximum Gasteiger partial charge on any atom is 0.319 e. The average Bonchev–Trinajstić information content (AvgIpc) is 3.11. The van der Waals surface area contributed by atoms with Gasteiger partial charge in [-0.1, -0.05) is 0 Å². The number of amides is 2. The smallest absolute Gasteiger partial charge is 0.319 e. The van der Waals surface area contributed by atoms with Crippen molar-refractivity contribution in [2.24, 2.45) is 0 Å². The molecular weight excluding hydrogens is 306 g/mol. The van der Waals surface area contributed by atoms with Crippen molar-refractivity contribution in [3.05, 3.63) is 42.3 Å². The van der Waals surface area contributed by atoms with Crippen LogP contribution in [0.3, 0.4) is 0 Å². The standard InChI is InChI=1S/C17H21N5O2/c1-12-18-8-10-22(12)9-4-3-7-19-17(23)21-14-5-6-15-16(11-14)24-13(2)20-15/h5-6,8,10-11H,3-4,7,9H2,1-2H3,(H2,19,21,23). The lowest BCUT2D eigenvalue weighted by atomic mass is 10.3. The van der Waals surface area contributed by atoms with Gasteiger partial charge in [-0.05, 0) is 31.9 Å². The zero-order valence-corrected chi connectivity index (χ0v) is 13.9. The van der Waals surface area contributed by atoms with E-state index in [0.717, 1.165) is 30.7 Å². The number of aromatic nitrogens is 3. The Labute approximate surface area is 140 Å². The predicted molar refractivity (Wildman–Crippen MR) is 92.0 cm³/mol. The molecule has 0 bridgehead atoms. The van der Waals surface area contributed by atoms with Gasteiger partial charge in [0, 0.05) is 44.2 Å². The third-order valence-corrected chi connectivity index (χ3v) is 3.79. The molecule has 2 aromatic heterocycles. The number of urea groups is 1. The number of anilines is 1. The van der Waals surface area contributed by atoms with Crippen LogP contribution >= 0.6 is 0 Å². The highest BCUT2D eigenvalue weighted by molar-refractivity contribution is 5.91. The van der Waals surface area contributed by atoms with E-state index < -0.39 is 0 Å². The van der Waals surface area contributed by atoms with Crippen molar-refractivity contribution in [2.75, 3.05) is 11.9 Å². The van der Waals surface area contributed by atoms with Gasteiger partial charge in [-0.3, -0.25) is 0 Å². The van der Waals surface area contributed by atoms with Crippen LogP contribution in [0.4, 0.5) is 10.5 Å². The van der Waals surface area contributed by atoms with E-state index in [9.17, 15) is 4.79 Å². The minimum atomic E-state index is -0.218. The molecular formula is C17H21N5O2. The number of oxazole rings is 1. The lowest BCUT2D eigenvalue weighted by Gasteiger charge is -2.08. The molecule has 3 rings (SSSR count). The molecule has 7 heteroatoms. The van der Waals surface area contributed by atoms with Crippen molar-refractivity contribution in [3.63, 3.8) is 0 Å². The number of rotatable bonds is 6. The quantitative estimate of drug-likeness (QED) is 0.681. The monoisotopic (exact) mass is 327 g/mol. The maximum atomic E-state index is 11.9. The normalized spacial score (nSPS) is 10.9. The molecule has 0 aliphatic carbocycles. The minimum absolute atomic E-state index is 0.218. The van der Waals surface area contributed by atoms with Gasteiger partial charge in [-0.15, -0.1) is 0 Å². The highest BCUT2D eigenvalue weighted by Crippen LogP contribution is 2.19. The van der Waals surface area contributed by atoms with Gasteiger partial charge in [0.2, 0.25) is 0 Å². The van der Waals surface area contributed by atoms with Crippen LogP contribution in [-0.4, -0.2) is 27.1 Å². The van der Waals surface area contributed by atoms with Crippen molar-refractivity contribution in [1.29, 1.82) is 0 Å². The second-order valence-electron chi connectivity index (χ2n) is 5.67. The molecule has 0 saturated heterocycles. The Morgan fingerprint density at radius 3 is 2.96 bits per heavy atom. The molecule has 0 aliphatic heterocycles. The summed E-state index contributed by atoms with van der Waals surface area (Å²) >= 11 is 0. The lowest BCUT2D eigenvalue weighted by Crippen LogP contribution is -2.29. The summed E-state index contributed by atoms with van der Waals surface area (Å²) in [6.45, 7) is 5.32. The topological polar surface area (TPSA) is 85.0 Å². The summed E-state index contributed by atoms with van der Waals surface area (Å²) < 4.78 is 7.56. The van der Waals surface area contributed by atoms with Crippen molar-refractivity contribution in [3.8, 4) is 0 Å². The van der Waals surface area contributed by atoms with Crippen LogP contribution in [0.15, 0.2) is 35.0 Å². The highest BCUT2D eigenvalue weighted by atomic mass is 16.3. The first-order valence-corrected chi connectivity index (χ1v) is 8.01. The lowest BCUT2D eigenvalue weighted by molar-refractivity contribution is 0.252. The molecule has 2 amide bonds. The van der Waals surface area contributed by atoms with Crippen molar-refractivity contribution < 1.29 is 9.21 Å². The van der Waals surface area contributed by atoms with Gasteiger partial charge in [0.15, 0.2) is 11.5 Å². The van der Waals surface area contributed by atoms with Gasteiger partial charge in [-0.2, -0.15) is 0 Å². The molecule has 3 aromatic rings. The molecule has 0 saturated carbocycles. The number of fused-ring (bicyclic) bond motifs is 1. The summed E-state index contributed by atoms with van der Waals surface area (Å²) in [6.07, 6.45) is 5.66. The molecule has 126 valence electrons. The second kappa shape index (κ2) is 7.16. The summed E-state index contributed by atoms with van der Waals surface area (Å²) in [5, 5.41) is 5.66. The largest absolute Gasteiger partial charge is 0.441 e. The Balaban J connectivity index is 1.41. The van der Waals surface area contributed by atoms with Crippen LogP contribution in [0.2, 0.25) is 0 Å². The predicted octanol–water partition coefficient (Wildman–Crippen LogP) is 3.24. The fourth-order valence-electron chi connectivity index (χ4n) is 2.54. The molecule has 2 heterocycles. The van der Waals surface area contributed by atoms with Gasteiger partial charge in [0.25, 0.3) is 0 Å². The molecule has 0 radical (unpaired) electrons. The summed E-state index contributed by atoms with van der Waals surface area (Å²) in [6, 6.07) is 5.20. The second-order valence-corrected chi connectivity index (χ2v) is 5.67. The van der Waals surface area contributed by atoms with Gasteiger partial charge in [0.05, 0.1) is 0 Å². The van der Waals surface area contributed by atoms with E-state index in [-0.39, 0.29) is 6.03 Å². The van der Waals surface area contributed by atoms with Crippen LogP contribution in [0.5, 0.6) is 0 Å². The van der Waals surface area contributed by atoms with Gasteiger partial charge >= 0.3 is 6.03 Å². The Morgan fingerprint density at radius 1 is 1.29 bits per heavy atom. The molecule has 0 fully saturated rings. The molecule has 0 aliphatic rings. The van der Waals surface area contributed by atoms with Crippen LogP contribution in [0.25, 0.3) is 11.1 Å². The molecule has 0 atom stereocenters. The first-order valence-electron chi connectivity index (χ1n) is 8.01. The van der Waals surface area contributed by atoms with E-state index in [0.29, 0.717) is 23.7 Å². The number of nitrogens with one attached hydrogen (secondary N) is 2. The number of benzene rings is 1. The third-order valence-electron chi connectivity index (χ3n) is 3.79. The SMILES string of the molecule is Cc1nc2ccc(NC(=O)NCCCCn3ccnc3C)cc2o1. The number of unbranched alkanes of at least 4 members (excludes halogenated alkanes) is 1. The summed E-state index contributed by atoms with van der Waals surface area (Å²) in [5.74, 6) is 1.62. The number of hydrogen-bond donors (Lipinski definition) is 2. The zero-order chi connectivity index (χ0) is 16.9. The number of aryl methyl sites for hydroxylation is 3. The van der Waals surface area contributed by atoms with Crippen LogP contribution in [0, 0.1) is 13.8 Å². The van der Waals surface area contributed by atoms with E-state index in [1.54, 1.807) is 19.2 Å². The Kier molecular flexibility index (Phi) is 4.79. The van der Waals surface area contributed by atoms with Crippen molar-refractivity contribution in [1.82, 2.24) is 19.9 Å². The van der Waals surface area contributed by atoms with Crippen molar-refractivity contribution >= 4 is 22.8 Å². The fraction of sp³-hybridized carbons (Fsp3) is 0.353. The van der Waals surface area contributed by atoms with Crippen LogP contribution in [-0.2, 0) is 6.54 Å². The summed E-state index contributed by atoms with van der Waals surface area (Å²) in [4.78, 5) is 20.3. The van der Waals surface area contributed by atoms with E-state index in [1.807, 2.05) is 25.3 Å². The van der Waals surface area contributed by atoms with Crippen molar-refractivity contribution in [2.45, 2.75) is 33.2 Å². The Bertz CT molecular complexity index is 836. The molecule has 1 aromatic carbocycles. The number of carbonyl (C=O) groups excluding carboxylic acids is 1. The van der Waals surface area contributed by atoms with Gasteiger partial charge in [-0.25, -0.2) is 14.8 Å². The first kappa shape index (κ1) is 16.0. The van der Waals surface area contributed by atoms with Crippen LogP contribution in [0.1, 0.15) is 24.6 Å². The first-order chi connectivity index (χ1) is 11.6. The van der Waals surface area contributed by atoms with Crippen LogP contribution < -0.4 is 10.6 Å². The van der Waals surface area contributed by atoms with E-state index in [4.69, 9.17) is 4.42 Å². The maximum absolute atomic E-state index is 11.9. The minimum Gasteiger partial charge on any atom is -0.441 e. The van der Waals surface area contributed by atoms with E-state index in [1.165, 1.54) is 0 Å². The highest BCUT2D eigenvalue weighted by Gasteiger charge is 2.06. The number of imidazole rings is 1. The summed E-state index contributed by atoms with van der Waals surface area (Å²) in [7, 11) is 0. The fourth-order valence-corrected chi connectivity index (χ4v) is 2.54. The molecule has 7 nitrogen and oxygen atoms in total. The molecule has 0 spiro atoms. The molecule has 24 heavy (non-hydrogen) atoms. The number of nitrogens with zero attached hydrogens (tertiary/aromatic N) is 3. The van der Waals surface area contributed by atoms with Gasteiger partial charge in [0.1, 0.15) is 11.3 Å². The number of hydrogen-bond acceptors (Lipinski definition) is 4. The third kappa shape index (κ3) is 3.92. The molecule has 2 N–H and O–H groups in total. The average molecular weight is 327 g/mol. The Hall–Kier alpha value is -2.83.